The number of allylic oxidation sites excluding steroid dienone is 1. The van der Waals surface area contributed by atoms with Gasteiger partial charge in [-0.1, -0.05) is 12.2 Å². The Morgan fingerprint density at radius 2 is 2.18 bits per heavy atom. The van der Waals surface area contributed by atoms with E-state index in [9.17, 15) is 0 Å². The number of rotatable bonds is 0. The van der Waals surface area contributed by atoms with Crippen LogP contribution in [0.4, 0.5) is 0 Å². The zero-order chi connectivity index (χ0) is 8.69. The van der Waals surface area contributed by atoms with Crippen molar-refractivity contribution >= 4 is 5.97 Å². The maximum absolute atomic E-state index is 9.00. The summed E-state index contributed by atoms with van der Waals surface area (Å²) in [5, 5.41) is 16.2. The summed E-state index contributed by atoms with van der Waals surface area (Å²) in [6.07, 6.45) is 7.01. The van der Waals surface area contributed by atoms with Gasteiger partial charge in [-0.2, -0.15) is 0 Å². The van der Waals surface area contributed by atoms with Crippen molar-refractivity contribution in [1.29, 1.82) is 0 Å². The quantitative estimate of drug-likeness (QED) is 0.520. The van der Waals surface area contributed by atoms with Crippen molar-refractivity contribution in [2.75, 3.05) is 0 Å². The zero-order valence-electron chi connectivity index (χ0n) is 6.66. The number of carboxylic acid groups (broad SMARTS) is 1. The van der Waals surface area contributed by atoms with Crippen LogP contribution in [-0.2, 0) is 4.79 Å². The van der Waals surface area contributed by atoms with Crippen molar-refractivity contribution in [3.63, 3.8) is 0 Å². The lowest BCUT2D eigenvalue weighted by molar-refractivity contribution is -0.134. The second-order valence-electron chi connectivity index (χ2n) is 2.45. The third-order valence-corrected chi connectivity index (χ3v) is 1.23. The van der Waals surface area contributed by atoms with E-state index in [1.165, 1.54) is 0 Å². The smallest absolute Gasteiger partial charge is 0.300 e. The number of hydrogen-bond donors (Lipinski definition) is 2. The van der Waals surface area contributed by atoms with Gasteiger partial charge >= 0.3 is 0 Å². The van der Waals surface area contributed by atoms with E-state index in [0.717, 1.165) is 26.2 Å². The van der Waals surface area contributed by atoms with Gasteiger partial charge in [0.25, 0.3) is 5.97 Å². The largest absolute Gasteiger partial charge is 0.481 e. The molecule has 3 nitrogen and oxygen atoms in total. The van der Waals surface area contributed by atoms with E-state index < -0.39 is 5.97 Å². The predicted octanol–water partition coefficient (Wildman–Crippen LogP) is 1.18. The Morgan fingerprint density at radius 1 is 1.64 bits per heavy atom. The molecule has 0 unspecified atom stereocenters. The van der Waals surface area contributed by atoms with E-state index in [-0.39, 0.29) is 6.10 Å². The number of hydrogen-bond acceptors (Lipinski definition) is 2. The fourth-order valence-electron chi connectivity index (χ4n) is 0.794. The van der Waals surface area contributed by atoms with Gasteiger partial charge in [0.05, 0.1) is 6.10 Å². The summed E-state index contributed by atoms with van der Waals surface area (Å²) in [5.41, 5.74) is 0. The van der Waals surface area contributed by atoms with Crippen LogP contribution in [0, 0.1) is 0 Å². The van der Waals surface area contributed by atoms with Gasteiger partial charge in [-0.05, 0) is 19.3 Å². The van der Waals surface area contributed by atoms with Crippen LogP contribution in [0.5, 0.6) is 0 Å². The first-order valence-electron chi connectivity index (χ1n) is 3.67. The lowest BCUT2D eigenvalue weighted by Crippen LogP contribution is -2.04. The highest BCUT2D eigenvalue weighted by Crippen LogP contribution is 2.08. The molecule has 0 aromatic heterocycles. The minimum atomic E-state index is -0.833. The van der Waals surface area contributed by atoms with Crippen molar-refractivity contribution in [3.05, 3.63) is 12.2 Å². The molecule has 1 rings (SSSR count). The van der Waals surface area contributed by atoms with Gasteiger partial charge in [0.1, 0.15) is 0 Å². The summed E-state index contributed by atoms with van der Waals surface area (Å²) in [4.78, 5) is 9.00. The van der Waals surface area contributed by atoms with Crippen molar-refractivity contribution in [1.82, 2.24) is 0 Å². The van der Waals surface area contributed by atoms with Crippen LogP contribution in [0.25, 0.3) is 0 Å². The highest BCUT2D eigenvalue weighted by Gasteiger charge is 2.00. The Labute approximate surface area is 66.4 Å². The Hall–Kier alpha value is -0.830. The second kappa shape index (κ2) is 5.92. The van der Waals surface area contributed by atoms with E-state index >= 15 is 0 Å². The van der Waals surface area contributed by atoms with Crippen LogP contribution >= 0.6 is 0 Å². The number of aliphatic hydroxyl groups is 1. The topological polar surface area (TPSA) is 57.5 Å². The van der Waals surface area contributed by atoms with E-state index in [1.807, 2.05) is 12.2 Å². The third-order valence-electron chi connectivity index (χ3n) is 1.23. The first kappa shape index (κ1) is 10.2. The second-order valence-corrected chi connectivity index (χ2v) is 2.45. The van der Waals surface area contributed by atoms with Crippen LogP contribution in [0.15, 0.2) is 12.2 Å². The van der Waals surface area contributed by atoms with Crippen molar-refractivity contribution < 1.29 is 15.0 Å². The number of carboxylic acids is 1. The minimum absolute atomic E-state index is 0.145. The molecule has 11 heavy (non-hydrogen) atoms. The fourth-order valence-corrected chi connectivity index (χ4v) is 0.794. The van der Waals surface area contributed by atoms with Gasteiger partial charge in [0, 0.05) is 6.92 Å². The molecule has 0 saturated heterocycles. The molecule has 3 heteroatoms. The first-order valence-corrected chi connectivity index (χ1v) is 3.67. The Kier molecular flexibility index (Phi) is 5.47. The molecule has 0 aromatic rings. The molecule has 1 aliphatic rings. The van der Waals surface area contributed by atoms with Gasteiger partial charge < -0.3 is 10.2 Å². The SMILES string of the molecule is CC(=O)O.O[C@H]1C=CCCC1. The number of aliphatic carboxylic acids is 1. The molecular formula is C8H14O3. The highest BCUT2D eigenvalue weighted by molar-refractivity contribution is 5.62. The summed E-state index contributed by atoms with van der Waals surface area (Å²) < 4.78 is 0. The standard InChI is InChI=1S/C6H10O.C2H4O2/c7-6-4-2-1-3-5-6;1-2(3)4/h2,4,6-7H,1,3,5H2;1H3,(H,3,4)/t6-;/m0./s1. The van der Waals surface area contributed by atoms with Gasteiger partial charge in [0.2, 0.25) is 0 Å². The van der Waals surface area contributed by atoms with Crippen LogP contribution in [0.3, 0.4) is 0 Å². The fraction of sp³-hybridized carbons (Fsp3) is 0.625. The molecule has 0 amide bonds. The van der Waals surface area contributed by atoms with Gasteiger partial charge in [0.15, 0.2) is 0 Å². The average Bonchev–Trinajstić information content (AvgIpc) is 1.87. The van der Waals surface area contributed by atoms with Gasteiger partial charge in [-0.25, -0.2) is 0 Å². The van der Waals surface area contributed by atoms with Crippen molar-refractivity contribution in [2.24, 2.45) is 0 Å². The van der Waals surface area contributed by atoms with Gasteiger partial charge in [-0.3, -0.25) is 4.79 Å². The lowest BCUT2D eigenvalue weighted by Gasteiger charge is -2.07. The summed E-state index contributed by atoms with van der Waals surface area (Å²) in [5.74, 6) is -0.833. The van der Waals surface area contributed by atoms with Crippen LogP contribution in [0.2, 0.25) is 0 Å². The summed E-state index contributed by atoms with van der Waals surface area (Å²) >= 11 is 0. The maximum Gasteiger partial charge on any atom is 0.300 e. The molecule has 0 heterocycles. The maximum atomic E-state index is 9.00. The lowest BCUT2D eigenvalue weighted by atomic mass is 10.1. The van der Waals surface area contributed by atoms with Crippen LogP contribution in [0.1, 0.15) is 26.2 Å². The number of carbonyl (C=O) groups is 1. The minimum Gasteiger partial charge on any atom is -0.481 e. The molecule has 0 saturated carbocycles. The molecule has 2 N–H and O–H groups in total. The van der Waals surface area contributed by atoms with Crippen LogP contribution < -0.4 is 0 Å². The van der Waals surface area contributed by atoms with Crippen LogP contribution in [-0.4, -0.2) is 22.3 Å². The Balaban J connectivity index is 0.000000218. The molecule has 0 radical (unpaired) electrons. The third kappa shape index (κ3) is 9.17. The molecule has 1 atom stereocenters. The summed E-state index contributed by atoms with van der Waals surface area (Å²) in [7, 11) is 0. The molecule has 0 aliphatic heterocycles. The molecule has 0 fully saturated rings. The normalized spacial score (nSPS) is 21.8. The van der Waals surface area contributed by atoms with Gasteiger partial charge in [-0.15, -0.1) is 0 Å². The molecular weight excluding hydrogens is 144 g/mol. The molecule has 0 aromatic carbocycles. The average molecular weight is 158 g/mol. The van der Waals surface area contributed by atoms with Crippen molar-refractivity contribution in [2.45, 2.75) is 32.3 Å². The summed E-state index contributed by atoms with van der Waals surface area (Å²) in [6, 6.07) is 0. The molecule has 0 bridgehead atoms. The first-order chi connectivity index (χ1) is 5.13. The summed E-state index contributed by atoms with van der Waals surface area (Å²) in [6.45, 7) is 1.08. The molecule has 1 aliphatic carbocycles. The van der Waals surface area contributed by atoms with E-state index in [0.29, 0.717) is 0 Å². The number of aliphatic hydroxyl groups excluding tert-OH is 1. The highest BCUT2D eigenvalue weighted by atomic mass is 16.4. The molecule has 0 spiro atoms. The predicted molar refractivity (Wildman–Crippen MR) is 42.3 cm³/mol. The molecule has 64 valence electrons. The van der Waals surface area contributed by atoms with E-state index in [4.69, 9.17) is 15.0 Å². The zero-order valence-corrected chi connectivity index (χ0v) is 6.66. The van der Waals surface area contributed by atoms with E-state index in [1.54, 1.807) is 0 Å². The monoisotopic (exact) mass is 158 g/mol. The Morgan fingerprint density at radius 3 is 2.36 bits per heavy atom. The Bertz CT molecular complexity index is 136. The van der Waals surface area contributed by atoms with Crippen molar-refractivity contribution in [3.8, 4) is 0 Å². The van der Waals surface area contributed by atoms with E-state index in [2.05, 4.69) is 0 Å².